The Kier molecular flexibility index (Phi) is 5.30. The van der Waals surface area contributed by atoms with Gasteiger partial charge in [-0.2, -0.15) is 5.26 Å². The van der Waals surface area contributed by atoms with Gasteiger partial charge in [-0.3, -0.25) is 0 Å². The van der Waals surface area contributed by atoms with Crippen molar-refractivity contribution in [3.63, 3.8) is 0 Å². The molecule has 0 aliphatic rings. The second-order valence-corrected chi connectivity index (χ2v) is 4.17. The van der Waals surface area contributed by atoms with Crippen LogP contribution in [-0.2, 0) is 4.74 Å². The van der Waals surface area contributed by atoms with E-state index in [1.165, 1.54) is 0 Å². The molecule has 5 heteroatoms. The molecule has 21 heavy (non-hydrogen) atoms. The van der Waals surface area contributed by atoms with Crippen LogP contribution in [0.15, 0.2) is 48.7 Å². The molecule has 1 aromatic carbocycles. The van der Waals surface area contributed by atoms with Crippen LogP contribution in [0, 0.1) is 11.3 Å². The van der Waals surface area contributed by atoms with E-state index in [1.807, 2.05) is 12.1 Å². The molecule has 2 aromatic rings. The van der Waals surface area contributed by atoms with Crippen molar-refractivity contribution in [2.75, 3.05) is 13.2 Å². The van der Waals surface area contributed by atoms with E-state index in [-0.39, 0.29) is 12.6 Å². The standard InChI is InChI=1S/C16H14N2O3/c17-12-14-8-4-9-18-15(14)20-10-5-11-21-16(19)13-6-2-1-3-7-13/h1-4,6-9H,5,10-11H2. The molecule has 0 fully saturated rings. The molecule has 2 rings (SSSR count). The van der Waals surface area contributed by atoms with Crippen molar-refractivity contribution in [1.29, 1.82) is 5.26 Å². The number of carbonyl (C=O) groups is 1. The summed E-state index contributed by atoms with van der Waals surface area (Å²) in [6, 6.07) is 14.1. The van der Waals surface area contributed by atoms with Gasteiger partial charge in [-0.15, -0.1) is 0 Å². The summed E-state index contributed by atoms with van der Waals surface area (Å²) < 4.78 is 10.5. The van der Waals surface area contributed by atoms with Gasteiger partial charge in [-0.25, -0.2) is 9.78 Å². The van der Waals surface area contributed by atoms with Crippen molar-refractivity contribution in [3.05, 3.63) is 59.8 Å². The highest BCUT2D eigenvalue weighted by Crippen LogP contribution is 2.12. The lowest BCUT2D eigenvalue weighted by atomic mass is 10.2. The van der Waals surface area contributed by atoms with Gasteiger partial charge in [0.1, 0.15) is 11.6 Å². The van der Waals surface area contributed by atoms with Crippen molar-refractivity contribution >= 4 is 5.97 Å². The topological polar surface area (TPSA) is 72.2 Å². The summed E-state index contributed by atoms with van der Waals surface area (Å²) in [5.74, 6) is -0.0551. The summed E-state index contributed by atoms with van der Waals surface area (Å²) in [7, 11) is 0. The summed E-state index contributed by atoms with van der Waals surface area (Å²) in [4.78, 5) is 15.6. The molecular formula is C16H14N2O3. The number of aromatic nitrogens is 1. The molecule has 0 atom stereocenters. The fourth-order valence-corrected chi connectivity index (χ4v) is 1.64. The Morgan fingerprint density at radius 3 is 2.71 bits per heavy atom. The first-order chi connectivity index (χ1) is 10.3. The van der Waals surface area contributed by atoms with E-state index in [0.29, 0.717) is 30.0 Å². The van der Waals surface area contributed by atoms with E-state index in [1.54, 1.807) is 42.6 Å². The minimum absolute atomic E-state index is 0.252. The van der Waals surface area contributed by atoms with Gasteiger partial charge >= 0.3 is 5.97 Å². The molecular weight excluding hydrogens is 268 g/mol. The second-order valence-electron chi connectivity index (χ2n) is 4.17. The minimum atomic E-state index is -0.355. The van der Waals surface area contributed by atoms with Crippen molar-refractivity contribution < 1.29 is 14.3 Å². The lowest BCUT2D eigenvalue weighted by molar-refractivity contribution is 0.0485. The van der Waals surface area contributed by atoms with Crippen LogP contribution < -0.4 is 4.74 Å². The van der Waals surface area contributed by atoms with Crippen LogP contribution in [0.1, 0.15) is 22.3 Å². The quantitative estimate of drug-likeness (QED) is 0.601. The Labute approximate surface area is 122 Å². The van der Waals surface area contributed by atoms with E-state index < -0.39 is 0 Å². The maximum Gasteiger partial charge on any atom is 0.338 e. The van der Waals surface area contributed by atoms with Crippen LogP contribution in [0.2, 0.25) is 0 Å². The number of hydrogen-bond donors (Lipinski definition) is 0. The Hall–Kier alpha value is -2.87. The smallest absolute Gasteiger partial charge is 0.338 e. The SMILES string of the molecule is N#Cc1cccnc1OCCCOC(=O)c1ccccc1. The minimum Gasteiger partial charge on any atom is -0.477 e. The molecule has 0 unspecified atom stereocenters. The zero-order valence-electron chi connectivity index (χ0n) is 11.4. The van der Waals surface area contributed by atoms with E-state index in [9.17, 15) is 4.79 Å². The molecule has 0 saturated carbocycles. The molecule has 0 saturated heterocycles. The highest BCUT2D eigenvalue weighted by Gasteiger charge is 2.06. The molecule has 5 nitrogen and oxygen atoms in total. The number of rotatable bonds is 6. The number of nitrogens with zero attached hydrogens (tertiary/aromatic N) is 2. The van der Waals surface area contributed by atoms with Crippen molar-refractivity contribution in [2.24, 2.45) is 0 Å². The lowest BCUT2D eigenvalue weighted by Crippen LogP contribution is -2.09. The highest BCUT2D eigenvalue weighted by molar-refractivity contribution is 5.89. The van der Waals surface area contributed by atoms with Crippen molar-refractivity contribution in [3.8, 4) is 11.9 Å². The van der Waals surface area contributed by atoms with Crippen LogP contribution in [0.3, 0.4) is 0 Å². The van der Waals surface area contributed by atoms with Gasteiger partial charge in [0, 0.05) is 12.6 Å². The van der Waals surface area contributed by atoms with E-state index in [2.05, 4.69) is 4.98 Å². The maximum absolute atomic E-state index is 11.7. The molecule has 0 aliphatic carbocycles. The van der Waals surface area contributed by atoms with Crippen LogP contribution in [0.25, 0.3) is 0 Å². The van der Waals surface area contributed by atoms with Gasteiger partial charge in [0.05, 0.1) is 18.8 Å². The van der Waals surface area contributed by atoms with Crippen molar-refractivity contribution in [1.82, 2.24) is 4.98 Å². The first-order valence-corrected chi connectivity index (χ1v) is 6.51. The summed E-state index contributed by atoms with van der Waals surface area (Å²) >= 11 is 0. The number of carbonyl (C=O) groups excluding carboxylic acids is 1. The first-order valence-electron chi connectivity index (χ1n) is 6.51. The molecule has 0 N–H and O–H groups in total. The molecule has 0 amide bonds. The summed E-state index contributed by atoms with van der Waals surface area (Å²) in [6.45, 7) is 0.580. The number of benzene rings is 1. The second kappa shape index (κ2) is 7.65. The number of nitriles is 1. The lowest BCUT2D eigenvalue weighted by Gasteiger charge is -2.07. The average molecular weight is 282 g/mol. The van der Waals surface area contributed by atoms with Gasteiger partial charge in [0.15, 0.2) is 0 Å². The van der Waals surface area contributed by atoms with Gasteiger partial charge < -0.3 is 9.47 Å². The first kappa shape index (κ1) is 14.5. The van der Waals surface area contributed by atoms with Gasteiger partial charge in [0.25, 0.3) is 0 Å². The van der Waals surface area contributed by atoms with Crippen LogP contribution in [-0.4, -0.2) is 24.2 Å². The third kappa shape index (κ3) is 4.32. The van der Waals surface area contributed by atoms with E-state index in [4.69, 9.17) is 14.7 Å². The average Bonchev–Trinajstić information content (AvgIpc) is 2.55. The van der Waals surface area contributed by atoms with E-state index in [0.717, 1.165) is 0 Å². The summed E-state index contributed by atoms with van der Waals surface area (Å²) in [6.07, 6.45) is 2.09. The third-order valence-corrected chi connectivity index (χ3v) is 2.66. The Morgan fingerprint density at radius 2 is 1.95 bits per heavy atom. The van der Waals surface area contributed by atoms with Gasteiger partial charge in [-0.1, -0.05) is 18.2 Å². The normalized spacial score (nSPS) is 9.67. The largest absolute Gasteiger partial charge is 0.477 e. The molecule has 0 bridgehead atoms. The fraction of sp³-hybridized carbons (Fsp3) is 0.188. The number of ether oxygens (including phenoxy) is 2. The van der Waals surface area contributed by atoms with Gasteiger partial charge in [0.2, 0.25) is 5.88 Å². The molecule has 1 heterocycles. The van der Waals surface area contributed by atoms with Crippen LogP contribution in [0.5, 0.6) is 5.88 Å². The zero-order valence-corrected chi connectivity index (χ0v) is 11.4. The van der Waals surface area contributed by atoms with Crippen LogP contribution in [0.4, 0.5) is 0 Å². The Morgan fingerprint density at radius 1 is 1.14 bits per heavy atom. The molecule has 1 aromatic heterocycles. The Bertz CT molecular complexity index is 635. The summed E-state index contributed by atoms with van der Waals surface area (Å²) in [5, 5.41) is 8.88. The zero-order chi connectivity index (χ0) is 14.9. The maximum atomic E-state index is 11.7. The third-order valence-electron chi connectivity index (χ3n) is 2.66. The number of pyridine rings is 1. The number of hydrogen-bond acceptors (Lipinski definition) is 5. The number of esters is 1. The van der Waals surface area contributed by atoms with Crippen LogP contribution >= 0.6 is 0 Å². The monoisotopic (exact) mass is 282 g/mol. The van der Waals surface area contributed by atoms with Gasteiger partial charge in [-0.05, 0) is 24.3 Å². The summed E-state index contributed by atoms with van der Waals surface area (Å²) in [5.41, 5.74) is 0.911. The molecule has 0 radical (unpaired) electrons. The predicted molar refractivity (Wildman–Crippen MR) is 75.8 cm³/mol. The highest BCUT2D eigenvalue weighted by atomic mass is 16.5. The predicted octanol–water partition coefficient (Wildman–Crippen LogP) is 2.58. The van der Waals surface area contributed by atoms with Crippen molar-refractivity contribution in [2.45, 2.75) is 6.42 Å². The van der Waals surface area contributed by atoms with E-state index >= 15 is 0 Å². The molecule has 106 valence electrons. The fourth-order valence-electron chi connectivity index (χ4n) is 1.64. The molecule has 0 aliphatic heterocycles. The molecule has 0 spiro atoms. The Balaban J connectivity index is 1.71.